The van der Waals surface area contributed by atoms with E-state index in [4.69, 9.17) is 0 Å². The number of hydrogen-bond donors (Lipinski definition) is 0. The second-order valence-electron chi connectivity index (χ2n) is 5.62. The summed E-state index contributed by atoms with van der Waals surface area (Å²) in [6.45, 7) is 6.56. The Morgan fingerprint density at radius 2 is 1.40 bits per heavy atom. The van der Waals surface area contributed by atoms with Gasteiger partial charge in [-0.3, -0.25) is 4.39 Å². The monoisotopic (exact) mass is 322 g/mol. The van der Waals surface area contributed by atoms with Crippen LogP contribution in [0.4, 0.5) is 4.39 Å². The Morgan fingerprint density at radius 3 is 1.95 bits per heavy atom. The molecule has 0 fully saturated rings. The van der Waals surface area contributed by atoms with Crippen molar-refractivity contribution < 1.29 is 4.39 Å². The molecular formula is C17H35FS2. The van der Waals surface area contributed by atoms with E-state index in [9.17, 15) is 4.39 Å². The van der Waals surface area contributed by atoms with Crippen molar-refractivity contribution in [1.29, 1.82) is 0 Å². The fraction of sp³-hybridized carbons (Fsp3) is 1.00. The molecule has 0 spiro atoms. The van der Waals surface area contributed by atoms with Crippen LogP contribution in [-0.2, 0) is 0 Å². The minimum Gasteiger partial charge on any atom is -0.251 e. The van der Waals surface area contributed by atoms with Gasteiger partial charge in [0, 0.05) is 11.0 Å². The highest BCUT2D eigenvalue weighted by Crippen LogP contribution is 2.37. The van der Waals surface area contributed by atoms with Crippen molar-refractivity contribution in [1.82, 2.24) is 0 Å². The van der Waals surface area contributed by atoms with E-state index in [1.807, 2.05) is 21.6 Å². The quantitative estimate of drug-likeness (QED) is 0.229. The molecule has 2 atom stereocenters. The van der Waals surface area contributed by atoms with Crippen LogP contribution in [0.2, 0.25) is 0 Å². The Morgan fingerprint density at radius 1 is 0.800 bits per heavy atom. The second-order valence-corrected chi connectivity index (χ2v) is 8.52. The Labute approximate surface area is 134 Å². The van der Waals surface area contributed by atoms with Gasteiger partial charge in [-0.1, -0.05) is 87.3 Å². The molecule has 0 N–H and O–H groups in total. The zero-order valence-electron chi connectivity index (χ0n) is 13.8. The molecular weight excluding hydrogens is 287 g/mol. The maximum absolute atomic E-state index is 12.8. The maximum atomic E-state index is 12.8. The summed E-state index contributed by atoms with van der Waals surface area (Å²) in [6.07, 6.45) is 12.7. The fourth-order valence-corrected chi connectivity index (χ4v) is 5.25. The Balaban J connectivity index is 4.24. The zero-order valence-corrected chi connectivity index (χ0v) is 15.5. The molecule has 0 aliphatic rings. The van der Waals surface area contributed by atoms with Gasteiger partial charge in [-0.2, -0.15) is 0 Å². The minimum absolute atomic E-state index is 0.152. The predicted octanol–water partition coefficient (Wildman–Crippen LogP) is 7.28. The fourth-order valence-electron chi connectivity index (χ4n) is 2.63. The third kappa shape index (κ3) is 11.3. The molecule has 0 rings (SSSR count). The molecule has 0 heterocycles. The van der Waals surface area contributed by atoms with E-state index >= 15 is 0 Å². The van der Waals surface area contributed by atoms with Gasteiger partial charge in [0.25, 0.3) is 0 Å². The number of halogens is 1. The predicted molar refractivity (Wildman–Crippen MR) is 96.5 cm³/mol. The summed E-state index contributed by atoms with van der Waals surface area (Å²) in [5.74, 6) is 1.86. The van der Waals surface area contributed by atoms with Crippen molar-refractivity contribution in [2.24, 2.45) is 5.92 Å². The summed E-state index contributed by atoms with van der Waals surface area (Å²) in [4.78, 5) is 0. The molecule has 0 aromatic heterocycles. The molecule has 0 aromatic carbocycles. The molecule has 0 nitrogen and oxygen atoms in total. The molecule has 0 saturated heterocycles. The van der Waals surface area contributed by atoms with E-state index in [0.29, 0.717) is 5.25 Å². The van der Waals surface area contributed by atoms with Crippen LogP contribution >= 0.6 is 21.6 Å². The van der Waals surface area contributed by atoms with Crippen molar-refractivity contribution in [2.45, 2.75) is 90.2 Å². The first kappa shape index (κ1) is 20.6. The second kappa shape index (κ2) is 16.0. The van der Waals surface area contributed by atoms with Crippen molar-refractivity contribution in [2.75, 3.05) is 12.4 Å². The summed E-state index contributed by atoms with van der Waals surface area (Å²) in [7, 11) is 3.87. The van der Waals surface area contributed by atoms with Crippen LogP contribution in [0.15, 0.2) is 0 Å². The summed E-state index contributed by atoms with van der Waals surface area (Å²) in [6, 6.07) is 0. The van der Waals surface area contributed by atoms with E-state index in [0.717, 1.165) is 18.1 Å². The summed E-state index contributed by atoms with van der Waals surface area (Å²) < 4.78 is 12.8. The highest BCUT2D eigenvalue weighted by atomic mass is 33.1. The first-order chi connectivity index (χ1) is 9.79. The topological polar surface area (TPSA) is 0 Å². The largest absolute Gasteiger partial charge is 0.251 e. The molecule has 0 aliphatic heterocycles. The molecule has 0 bridgehead atoms. The van der Waals surface area contributed by atoms with Gasteiger partial charge in [0.05, 0.1) is 6.67 Å². The first-order valence-corrected chi connectivity index (χ1v) is 11.0. The maximum Gasteiger partial charge on any atom is 0.0905 e. The number of rotatable bonds is 15. The van der Waals surface area contributed by atoms with Crippen molar-refractivity contribution in [3.8, 4) is 0 Å². The average molecular weight is 323 g/mol. The van der Waals surface area contributed by atoms with Crippen molar-refractivity contribution in [3.05, 3.63) is 0 Å². The van der Waals surface area contributed by atoms with Crippen LogP contribution in [0.5, 0.6) is 0 Å². The Hall–Kier alpha value is 0.630. The average Bonchev–Trinajstić information content (AvgIpc) is 2.46. The van der Waals surface area contributed by atoms with E-state index in [2.05, 4.69) is 20.8 Å². The van der Waals surface area contributed by atoms with E-state index < -0.39 is 0 Å². The van der Waals surface area contributed by atoms with Crippen LogP contribution in [0, 0.1) is 5.92 Å². The van der Waals surface area contributed by atoms with Gasteiger partial charge in [0.1, 0.15) is 0 Å². The summed E-state index contributed by atoms with van der Waals surface area (Å²) >= 11 is 0. The van der Waals surface area contributed by atoms with Gasteiger partial charge in [-0.25, -0.2) is 0 Å². The van der Waals surface area contributed by atoms with Crippen LogP contribution in [0.3, 0.4) is 0 Å². The molecule has 0 amide bonds. The van der Waals surface area contributed by atoms with Gasteiger partial charge in [0.15, 0.2) is 0 Å². The highest BCUT2D eigenvalue weighted by molar-refractivity contribution is 8.76. The van der Waals surface area contributed by atoms with E-state index in [1.54, 1.807) is 0 Å². The molecule has 0 aliphatic carbocycles. The highest BCUT2D eigenvalue weighted by Gasteiger charge is 2.21. The molecule has 3 heteroatoms. The Kier molecular flexibility index (Phi) is 16.5. The van der Waals surface area contributed by atoms with Crippen molar-refractivity contribution in [3.63, 3.8) is 0 Å². The zero-order chi connectivity index (χ0) is 15.1. The molecule has 0 radical (unpaired) electrons. The number of unbranched alkanes of at least 4 members (excludes halogenated alkanes) is 5. The lowest BCUT2D eigenvalue weighted by Gasteiger charge is -2.26. The van der Waals surface area contributed by atoms with Gasteiger partial charge in [-0.15, -0.1) is 0 Å². The molecule has 122 valence electrons. The third-order valence-electron chi connectivity index (χ3n) is 3.84. The van der Waals surface area contributed by atoms with Crippen molar-refractivity contribution >= 4 is 21.6 Å². The summed E-state index contributed by atoms with van der Waals surface area (Å²) in [5, 5.41) is 0.531. The molecule has 0 saturated carbocycles. The smallest absolute Gasteiger partial charge is 0.0905 e. The number of hydrogen-bond acceptors (Lipinski definition) is 2. The van der Waals surface area contributed by atoms with Crippen LogP contribution in [-0.4, -0.2) is 17.7 Å². The normalized spacial score (nSPS) is 14.4. The van der Waals surface area contributed by atoms with Crippen LogP contribution in [0.25, 0.3) is 0 Å². The third-order valence-corrected chi connectivity index (χ3v) is 6.93. The Bertz CT molecular complexity index is 188. The van der Waals surface area contributed by atoms with Crippen LogP contribution in [0.1, 0.15) is 85.0 Å². The molecule has 1 unspecified atom stereocenters. The van der Waals surface area contributed by atoms with Gasteiger partial charge in [0.2, 0.25) is 0 Å². The van der Waals surface area contributed by atoms with Gasteiger partial charge < -0.3 is 0 Å². The lowest BCUT2D eigenvalue weighted by Crippen LogP contribution is -2.18. The first-order valence-electron chi connectivity index (χ1n) is 8.64. The van der Waals surface area contributed by atoms with Crippen LogP contribution < -0.4 is 0 Å². The van der Waals surface area contributed by atoms with E-state index in [1.165, 1.54) is 57.8 Å². The number of alkyl halides is 1. The SMILES string of the molecule is CCCCCCC(CCCCC)[C@@H](CCF)SSCC. The lowest BCUT2D eigenvalue weighted by molar-refractivity contribution is 0.360. The molecule has 20 heavy (non-hydrogen) atoms. The van der Waals surface area contributed by atoms with E-state index in [-0.39, 0.29) is 6.67 Å². The summed E-state index contributed by atoms with van der Waals surface area (Å²) in [5.41, 5.74) is 0. The standard InChI is InChI=1S/C17H35FS2/c1-4-7-9-11-13-16(12-10-8-5-2)17(14-15-18)20-19-6-3/h16-17H,4-15H2,1-3H3/t16?,17-/m1/s1. The van der Waals surface area contributed by atoms with Gasteiger partial charge >= 0.3 is 0 Å². The minimum atomic E-state index is -0.152. The van der Waals surface area contributed by atoms with Gasteiger partial charge in [-0.05, 0) is 25.2 Å². The lowest BCUT2D eigenvalue weighted by atomic mass is 9.90. The molecule has 0 aromatic rings.